The van der Waals surface area contributed by atoms with Crippen LogP contribution in [0.15, 0.2) is 83.7 Å². The van der Waals surface area contributed by atoms with E-state index in [9.17, 15) is 14.4 Å². The fourth-order valence-corrected chi connectivity index (χ4v) is 3.30. The van der Waals surface area contributed by atoms with Crippen molar-refractivity contribution in [2.45, 2.75) is 6.92 Å². The number of ether oxygens (including phenoxy) is 1. The van der Waals surface area contributed by atoms with Crippen LogP contribution in [0.4, 0.5) is 11.4 Å². The lowest BCUT2D eigenvalue weighted by molar-refractivity contribution is 0.102. The molecule has 1 heterocycles. The number of fused-ring (bicyclic) bond motifs is 1. The molecule has 0 atom stereocenters. The molecule has 0 aliphatic carbocycles. The molecule has 2 amide bonds. The summed E-state index contributed by atoms with van der Waals surface area (Å²) in [6.45, 7) is 2.48. The number of anilines is 2. The summed E-state index contributed by atoms with van der Waals surface area (Å²) in [5, 5.41) is 6.24. The van der Waals surface area contributed by atoms with Gasteiger partial charge in [-0.05, 0) is 61.5 Å². The highest BCUT2D eigenvalue weighted by Gasteiger charge is 2.13. The van der Waals surface area contributed by atoms with Crippen molar-refractivity contribution in [2.75, 3.05) is 17.2 Å². The predicted molar refractivity (Wildman–Crippen MR) is 125 cm³/mol. The lowest BCUT2D eigenvalue weighted by Gasteiger charge is -2.09. The van der Waals surface area contributed by atoms with Crippen molar-refractivity contribution < 1.29 is 14.3 Å². The van der Waals surface area contributed by atoms with E-state index in [1.54, 1.807) is 72.8 Å². The van der Waals surface area contributed by atoms with Crippen molar-refractivity contribution in [2.24, 2.45) is 0 Å². The summed E-state index contributed by atoms with van der Waals surface area (Å²) in [5.74, 6) is 0.0605. The van der Waals surface area contributed by atoms with Gasteiger partial charge in [0.15, 0.2) is 0 Å². The molecule has 4 aromatic rings. The Morgan fingerprint density at radius 1 is 0.844 bits per heavy atom. The fourth-order valence-electron chi connectivity index (χ4n) is 3.30. The van der Waals surface area contributed by atoms with Crippen LogP contribution in [0.3, 0.4) is 0 Å². The van der Waals surface area contributed by atoms with Gasteiger partial charge in [-0.1, -0.05) is 18.2 Å². The van der Waals surface area contributed by atoms with Crippen molar-refractivity contribution in [1.29, 1.82) is 0 Å². The molecule has 160 valence electrons. The smallest absolute Gasteiger partial charge is 0.256 e. The molecule has 0 radical (unpaired) electrons. The third kappa shape index (κ3) is 4.67. The normalized spacial score (nSPS) is 10.5. The number of para-hydroxylation sites is 1. The summed E-state index contributed by atoms with van der Waals surface area (Å²) in [4.78, 5) is 39.9. The quantitative estimate of drug-likeness (QED) is 0.424. The number of carbonyl (C=O) groups excluding carboxylic acids is 2. The Balaban J connectivity index is 1.45. The topological polar surface area (TPSA) is 100 Å². The molecule has 7 heteroatoms. The number of hydrogen-bond acceptors (Lipinski definition) is 4. The molecular formula is C25H21N3O4. The molecule has 0 unspecified atom stereocenters. The highest BCUT2D eigenvalue weighted by Crippen LogP contribution is 2.19. The zero-order chi connectivity index (χ0) is 22.5. The van der Waals surface area contributed by atoms with Crippen LogP contribution in [0.25, 0.3) is 10.9 Å². The molecule has 0 aliphatic rings. The molecule has 3 N–H and O–H groups in total. The number of amides is 2. The van der Waals surface area contributed by atoms with E-state index in [0.717, 1.165) is 5.75 Å². The first-order valence-electron chi connectivity index (χ1n) is 10.1. The van der Waals surface area contributed by atoms with E-state index in [0.29, 0.717) is 34.4 Å². The van der Waals surface area contributed by atoms with Crippen LogP contribution >= 0.6 is 0 Å². The van der Waals surface area contributed by atoms with E-state index in [-0.39, 0.29) is 17.0 Å². The first-order chi connectivity index (χ1) is 15.5. The van der Waals surface area contributed by atoms with Crippen molar-refractivity contribution in [3.05, 3.63) is 100 Å². The average molecular weight is 427 g/mol. The minimum atomic E-state index is -0.404. The standard InChI is InChI=1S/C25H21N3O4/c1-2-32-19-13-11-18(12-14-19)26-24(30)16-7-9-17(10-8-16)27-25(31)21-15-23(29)28-22-6-4-3-5-20(21)22/h3-15H,2H2,1H3,(H,26,30)(H,27,31)(H,28,29). The van der Waals surface area contributed by atoms with Gasteiger partial charge in [0.25, 0.3) is 11.8 Å². The summed E-state index contributed by atoms with van der Waals surface area (Å²) < 4.78 is 5.39. The monoisotopic (exact) mass is 427 g/mol. The highest BCUT2D eigenvalue weighted by molar-refractivity contribution is 6.12. The van der Waals surface area contributed by atoms with Crippen LogP contribution < -0.4 is 20.9 Å². The SMILES string of the molecule is CCOc1ccc(NC(=O)c2ccc(NC(=O)c3cc(=O)[nH]c4ccccc34)cc2)cc1. The van der Waals surface area contributed by atoms with Crippen molar-refractivity contribution >= 4 is 34.1 Å². The van der Waals surface area contributed by atoms with Gasteiger partial charge in [0, 0.05) is 33.9 Å². The van der Waals surface area contributed by atoms with E-state index in [4.69, 9.17) is 4.74 Å². The number of H-pyrrole nitrogens is 1. The number of benzene rings is 3. The van der Waals surface area contributed by atoms with Crippen LogP contribution in [0.1, 0.15) is 27.6 Å². The molecule has 4 rings (SSSR count). The second-order valence-electron chi connectivity index (χ2n) is 7.04. The lowest BCUT2D eigenvalue weighted by Crippen LogP contribution is -2.17. The Bertz CT molecular complexity index is 1330. The van der Waals surface area contributed by atoms with E-state index in [2.05, 4.69) is 15.6 Å². The van der Waals surface area contributed by atoms with E-state index < -0.39 is 5.91 Å². The van der Waals surface area contributed by atoms with Gasteiger partial charge in [0.05, 0.1) is 12.2 Å². The number of carbonyl (C=O) groups is 2. The van der Waals surface area contributed by atoms with Crippen molar-refractivity contribution in [3.8, 4) is 5.75 Å². The zero-order valence-electron chi connectivity index (χ0n) is 17.3. The molecule has 32 heavy (non-hydrogen) atoms. The van der Waals surface area contributed by atoms with E-state index >= 15 is 0 Å². The van der Waals surface area contributed by atoms with Crippen LogP contribution in [0.5, 0.6) is 5.75 Å². The predicted octanol–water partition coefficient (Wildman–Crippen LogP) is 4.43. The molecule has 0 saturated heterocycles. The first-order valence-corrected chi connectivity index (χ1v) is 10.1. The minimum Gasteiger partial charge on any atom is -0.494 e. The number of pyridine rings is 1. The molecule has 3 aromatic carbocycles. The fraction of sp³-hybridized carbons (Fsp3) is 0.0800. The van der Waals surface area contributed by atoms with Crippen molar-refractivity contribution in [1.82, 2.24) is 4.98 Å². The number of hydrogen-bond donors (Lipinski definition) is 3. The Morgan fingerprint density at radius 3 is 2.16 bits per heavy atom. The Kier molecular flexibility index (Phi) is 5.98. The molecule has 0 bridgehead atoms. The van der Waals surface area contributed by atoms with Gasteiger partial charge in [0.1, 0.15) is 5.75 Å². The Labute approximate surface area is 184 Å². The third-order valence-electron chi connectivity index (χ3n) is 4.82. The van der Waals surface area contributed by atoms with Gasteiger partial charge in [-0.25, -0.2) is 0 Å². The second-order valence-corrected chi connectivity index (χ2v) is 7.04. The largest absolute Gasteiger partial charge is 0.494 e. The van der Waals surface area contributed by atoms with Crippen LogP contribution in [0, 0.1) is 0 Å². The van der Waals surface area contributed by atoms with E-state index in [1.807, 2.05) is 6.92 Å². The zero-order valence-corrected chi connectivity index (χ0v) is 17.3. The second kappa shape index (κ2) is 9.18. The van der Waals surface area contributed by atoms with Gasteiger partial charge < -0.3 is 20.4 Å². The molecular weight excluding hydrogens is 406 g/mol. The maximum absolute atomic E-state index is 12.8. The number of rotatable bonds is 6. The molecule has 0 aliphatic heterocycles. The van der Waals surface area contributed by atoms with Crippen molar-refractivity contribution in [3.63, 3.8) is 0 Å². The number of aromatic nitrogens is 1. The first kappa shape index (κ1) is 20.9. The Hall–Kier alpha value is -4.39. The molecule has 0 saturated carbocycles. The maximum atomic E-state index is 12.8. The molecule has 7 nitrogen and oxygen atoms in total. The van der Waals surface area contributed by atoms with Crippen LogP contribution in [-0.4, -0.2) is 23.4 Å². The van der Waals surface area contributed by atoms with Crippen LogP contribution in [-0.2, 0) is 0 Å². The van der Waals surface area contributed by atoms with Gasteiger partial charge in [0.2, 0.25) is 5.56 Å². The number of aromatic amines is 1. The summed E-state index contributed by atoms with van der Waals surface area (Å²) in [6.07, 6.45) is 0. The Morgan fingerprint density at radius 2 is 1.47 bits per heavy atom. The highest BCUT2D eigenvalue weighted by atomic mass is 16.5. The van der Waals surface area contributed by atoms with Gasteiger partial charge in [-0.3, -0.25) is 14.4 Å². The summed E-state index contributed by atoms with van der Waals surface area (Å²) in [6, 6.07) is 22.0. The summed E-state index contributed by atoms with van der Waals surface area (Å²) >= 11 is 0. The lowest BCUT2D eigenvalue weighted by atomic mass is 10.1. The average Bonchev–Trinajstić information content (AvgIpc) is 2.80. The molecule has 1 aromatic heterocycles. The molecule has 0 spiro atoms. The summed E-state index contributed by atoms with van der Waals surface area (Å²) in [7, 11) is 0. The maximum Gasteiger partial charge on any atom is 0.256 e. The van der Waals surface area contributed by atoms with Gasteiger partial charge >= 0.3 is 0 Å². The van der Waals surface area contributed by atoms with Gasteiger partial charge in [-0.2, -0.15) is 0 Å². The molecule has 0 fully saturated rings. The van der Waals surface area contributed by atoms with E-state index in [1.165, 1.54) is 6.07 Å². The minimum absolute atomic E-state index is 0.271. The summed E-state index contributed by atoms with van der Waals surface area (Å²) in [5.41, 5.74) is 2.12. The van der Waals surface area contributed by atoms with Crippen LogP contribution in [0.2, 0.25) is 0 Å². The number of nitrogens with one attached hydrogen (secondary N) is 3. The third-order valence-corrected chi connectivity index (χ3v) is 4.82. The van der Waals surface area contributed by atoms with Gasteiger partial charge in [-0.15, -0.1) is 0 Å².